The highest BCUT2D eigenvalue weighted by atomic mass is 35.5. The van der Waals surface area contributed by atoms with Crippen molar-refractivity contribution in [3.8, 4) is 0 Å². The van der Waals surface area contributed by atoms with E-state index in [4.69, 9.17) is 21.1 Å². The van der Waals surface area contributed by atoms with Crippen LogP contribution in [0.4, 0.5) is 13.2 Å². The van der Waals surface area contributed by atoms with Crippen molar-refractivity contribution in [2.75, 3.05) is 7.11 Å². The Hall–Kier alpha value is -2.54. The summed E-state index contributed by atoms with van der Waals surface area (Å²) in [6.07, 6.45) is 4.78. The number of nitrogens with zero attached hydrogens (tertiary/aromatic N) is 2. The molecular formula is C28H40ClF3N2O2. The fourth-order valence-corrected chi connectivity index (χ4v) is 3.15. The van der Waals surface area contributed by atoms with Crippen molar-refractivity contribution >= 4 is 22.5 Å². The van der Waals surface area contributed by atoms with Gasteiger partial charge in [0.15, 0.2) is 11.5 Å². The predicted octanol–water partition coefficient (Wildman–Crippen LogP) is 9.20. The Morgan fingerprint density at radius 3 is 2.36 bits per heavy atom. The molecule has 1 atom stereocenters. The second-order valence-corrected chi connectivity index (χ2v) is 8.28. The highest BCUT2D eigenvalue weighted by molar-refractivity contribution is 6.65. The maximum Gasteiger partial charge on any atom is 0.286 e. The van der Waals surface area contributed by atoms with Crippen LogP contribution in [0.15, 0.2) is 64.3 Å². The van der Waals surface area contributed by atoms with Gasteiger partial charge in [-0.2, -0.15) is 8.78 Å². The van der Waals surface area contributed by atoms with Crippen LogP contribution in [0.3, 0.4) is 0 Å². The number of hydrogen-bond acceptors (Lipinski definition) is 4. The molecule has 4 nitrogen and oxygen atoms in total. The lowest BCUT2D eigenvalue weighted by molar-refractivity contribution is 0.0619. The van der Waals surface area contributed by atoms with Gasteiger partial charge in [-0.05, 0) is 43.4 Å². The number of alkyl halides is 2. The van der Waals surface area contributed by atoms with Crippen molar-refractivity contribution in [2.45, 2.75) is 80.3 Å². The Morgan fingerprint density at radius 2 is 1.89 bits per heavy atom. The van der Waals surface area contributed by atoms with Crippen LogP contribution < -0.4 is 0 Å². The molecule has 0 amide bonds. The summed E-state index contributed by atoms with van der Waals surface area (Å²) < 4.78 is 53.7. The molecule has 0 bridgehead atoms. The summed E-state index contributed by atoms with van der Waals surface area (Å²) in [5, 5.41) is 0.434. The van der Waals surface area contributed by atoms with Gasteiger partial charge >= 0.3 is 0 Å². The van der Waals surface area contributed by atoms with Crippen molar-refractivity contribution in [3.05, 3.63) is 71.2 Å². The third-order valence-electron chi connectivity index (χ3n) is 5.04. The average Bonchev–Trinajstić information content (AvgIpc) is 2.84. The van der Waals surface area contributed by atoms with Gasteiger partial charge in [-0.3, -0.25) is 4.99 Å². The van der Waals surface area contributed by atoms with E-state index < -0.39 is 17.4 Å². The van der Waals surface area contributed by atoms with E-state index in [2.05, 4.69) is 16.6 Å². The molecule has 0 aromatic heterocycles. The second kappa shape index (κ2) is 17.0. The minimum atomic E-state index is -3.13. The van der Waals surface area contributed by atoms with E-state index in [0.717, 1.165) is 13.3 Å². The Balaban J connectivity index is 0.00000596. The molecule has 0 saturated carbocycles. The lowest BCUT2D eigenvalue weighted by Gasteiger charge is -2.18. The van der Waals surface area contributed by atoms with E-state index in [-0.39, 0.29) is 35.3 Å². The first-order valence-corrected chi connectivity index (χ1v) is 12.6. The molecule has 36 heavy (non-hydrogen) atoms. The Morgan fingerprint density at radius 1 is 1.25 bits per heavy atom. The number of aliphatic imine (C=N–C) groups is 2. The monoisotopic (exact) mass is 528 g/mol. The number of methoxy groups -OCH3 is 1. The highest BCUT2D eigenvalue weighted by Gasteiger charge is 2.28. The molecule has 0 heterocycles. The SMILES string of the molecule is C=C(OCc1ccc(C(=N/C(=C\C)C(C)(F)F)C(C)CC)c(F)c1)/C(=C\N=C(Cl)CCC)OC.CC. The summed E-state index contributed by atoms with van der Waals surface area (Å²) in [5.74, 6) is -3.42. The Labute approximate surface area is 219 Å². The molecule has 0 fully saturated rings. The lowest BCUT2D eigenvalue weighted by atomic mass is 9.94. The molecule has 1 rings (SSSR count). The van der Waals surface area contributed by atoms with Crippen LogP contribution in [0, 0.1) is 11.7 Å². The van der Waals surface area contributed by atoms with E-state index in [1.165, 1.54) is 38.4 Å². The fraction of sp³-hybridized carbons (Fsp3) is 0.500. The minimum absolute atomic E-state index is 0.0199. The van der Waals surface area contributed by atoms with Crippen LogP contribution in [0.25, 0.3) is 0 Å². The van der Waals surface area contributed by atoms with Crippen LogP contribution in [-0.4, -0.2) is 23.9 Å². The Bertz CT molecular complexity index is 964. The molecule has 8 heteroatoms. The van der Waals surface area contributed by atoms with E-state index in [1.54, 1.807) is 6.07 Å². The first-order chi connectivity index (χ1) is 17.0. The minimum Gasteiger partial charge on any atom is -0.491 e. The van der Waals surface area contributed by atoms with Crippen LogP contribution in [-0.2, 0) is 16.1 Å². The van der Waals surface area contributed by atoms with Gasteiger partial charge in [0.25, 0.3) is 5.92 Å². The summed E-state index contributed by atoms with van der Waals surface area (Å²) in [6, 6.07) is 4.49. The summed E-state index contributed by atoms with van der Waals surface area (Å²) in [6.45, 7) is 15.8. The zero-order valence-corrected chi connectivity index (χ0v) is 23.5. The van der Waals surface area contributed by atoms with Crippen LogP contribution in [0.2, 0.25) is 0 Å². The quantitative estimate of drug-likeness (QED) is 0.145. The van der Waals surface area contributed by atoms with Gasteiger partial charge in [0.1, 0.15) is 23.3 Å². The van der Waals surface area contributed by atoms with Crippen molar-refractivity contribution in [3.63, 3.8) is 0 Å². The number of halogens is 4. The van der Waals surface area contributed by atoms with Gasteiger partial charge in [-0.1, -0.05) is 64.9 Å². The molecule has 0 aliphatic rings. The maximum absolute atomic E-state index is 15.0. The standard InChI is InChI=1S/C26H34ClF3N2O2.C2H6/c1-8-11-24(27)31-15-22(33-7)18(5)34-16-19-12-13-20(21(28)14-19)25(17(4)9-2)32-23(10-3)26(6,29)30;1-2/h10,12-15,17H,5,8-9,11,16H2,1-4,6-7H3;1-2H3/b22-15+,23-10-,31-24?,32-25?;. The topological polar surface area (TPSA) is 43.2 Å². The maximum atomic E-state index is 15.0. The van der Waals surface area contributed by atoms with Crippen molar-refractivity contribution in [2.24, 2.45) is 15.9 Å². The average molecular weight is 529 g/mol. The van der Waals surface area contributed by atoms with Crippen LogP contribution in [0.1, 0.15) is 78.9 Å². The first kappa shape index (κ1) is 33.5. The number of hydrogen-bond donors (Lipinski definition) is 0. The molecule has 1 aromatic rings. The molecule has 1 aromatic carbocycles. The fourth-order valence-electron chi connectivity index (χ4n) is 2.91. The highest BCUT2D eigenvalue weighted by Crippen LogP contribution is 2.27. The normalized spacial score (nSPS) is 14.1. The van der Waals surface area contributed by atoms with Crippen molar-refractivity contribution in [1.29, 1.82) is 0 Å². The van der Waals surface area contributed by atoms with E-state index in [0.29, 0.717) is 23.6 Å². The summed E-state index contributed by atoms with van der Waals surface area (Å²) in [7, 11) is 1.45. The third-order valence-corrected chi connectivity index (χ3v) is 5.33. The molecule has 0 aliphatic carbocycles. The lowest BCUT2D eigenvalue weighted by Crippen LogP contribution is -2.19. The molecule has 0 saturated heterocycles. The molecule has 202 valence electrons. The van der Waals surface area contributed by atoms with Gasteiger partial charge in [0.05, 0.1) is 19.0 Å². The van der Waals surface area contributed by atoms with E-state index in [9.17, 15) is 8.78 Å². The largest absolute Gasteiger partial charge is 0.491 e. The van der Waals surface area contributed by atoms with Gasteiger partial charge in [0.2, 0.25) is 0 Å². The van der Waals surface area contributed by atoms with E-state index >= 15 is 4.39 Å². The van der Waals surface area contributed by atoms with Crippen molar-refractivity contribution < 1.29 is 22.6 Å². The predicted molar refractivity (Wildman–Crippen MR) is 145 cm³/mol. The second-order valence-electron chi connectivity index (χ2n) is 7.85. The summed E-state index contributed by atoms with van der Waals surface area (Å²) in [4.78, 5) is 8.25. The van der Waals surface area contributed by atoms with Gasteiger partial charge in [-0.15, -0.1) is 0 Å². The number of allylic oxidation sites excluding steroid dienone is 2. The molecule has 0 aliphatic heterocycles. The summed E-state index contributed by atoms with van der Waals surface area (Å²) >= 11 is 6.00. The molecule has 0 spiro atoms. The van der Waals surface area contributed by atoms with Gasteiger partial charge in [-0.25, -0.2) is 9.38 Å². The van der Waals surface area contributed by atoms with Crippen LogP contribution in [0.5, 0.6) is 0 Å². The molecule has 1 unspecified atom stereocenters. The number of ether oxygens (including phenoxy) is 2. The van der Waals surface area contributed by atoms with Gasteiger partial charge < -0.3 is 9.47 Å². The Kier molecular flexibility index (Phi) is 15.8. The summed E-state index contributed by atoms with van der Waals surface area (Å²) in [5.41, 5.74) is 0.586. The zero-order valence-electron chi connectivity index (χ0n) is 22.7. The smallest absolute Gasteiger partial charge is 0.286 e. The molecule has 0 N–H and O–H groups in total. The van der Waals surface area contributed by atoms with E-state index in [1.807, 2.05) is 34.6 Å². The van der Waals surface area contributed by atoms with Crippen molar-refractivity contribution in [1.82, 2.24) is 0 Å². The van der Waals surface area contributed by atoms with Gasteiger partial charge in [0, 0.05) is 18.9 Å². The zero-order chi connectivity index (χ0) is 27.9. The van der Waals surface area contributed by atoms with Crippen LogP contribution >= 0.6 is 11.6 Å². The number of benzene rings is 1. The molecular weight excluding hydrogens is 489 g/mol. The molecule has 0 radical (unpaired) electrons. The number of rotatable bonds is 13. The third kappa shape index (κ3) is 11.0. The first-order valence-electron chi connectivity index (χ1n) is 12.2.